The van der Waals surface area contributed by atoms with Crippen LogP contribution in [0.5, 0.6) is 11.5 Å². The number of amides is 1. The van der Waals surface area contributed by atoms with Crippen molar-refractivity contribution in [3.05, 3.63) is 58.9 Å². The van der Waals surface area contributed by atoms with Crippen LogP contribution in [-0.4, -0.2) is 35.6 Å². The fourth-order valence-corrected chi connectivity index (χ4v) is 3.34. The number of carbonyl (C=O) groups is 1. The van der Waals surface area contributed by atoms with E-state index in [0.717, 1.165) is 39.5 Å². The molecule has 1 aliphatic heterocycles. The van der Waals surface area contributed by atoms with Crippen molar-refractivity contribution in [2.75, 3.05) is 19.8 Å². The van der Waals surface area contributed by atoms with Gasteiger partial charge in [0.2, 0.25) is 0 Å². The third-order valence-corrected chi connectivity index (χ3v) is 5.35. The standard InChI is InChI=1S/C23H25N3O3/c1-14-15(2)26-19-11-16(5-7-18(19)25-14)22(27)24-13-23(3,4)17-6-8-20-21(12-17)29-10-9-28-20/h5-8,11-12H,9-10,13H2,1-4H3,(H,24,27). The van der Waals surface area contributed by atoms with Crippen LogP contribution in [0.15, 0.2) is 36.4 Å². The van der Waals surface area contributed by atoms with Crippen LogP contribution in [-0.2, 0) is 5.41 Å². The zero-order valence-corrected chi connectivity index (χ0v) is 17.2. The van der Waals surface area contributed by atoms with Crippen LogP contribution in [0.25, 0.3) is 11.0 Å². The Hall–Kier alpha value is -3.15. The number of benzene rings is 2. The predicted octanol–water partition coefficient (Wildman–Crippen LogP) is 3.73. The largest absolute Gasteiger partial charge is 0.486 e. The summed E-state index contributed by atoms with van der Waals surface area (Å²) >= 11 is 0. The van der Waals surface area contributed by atoms with Gasteiger partial charge in [0, 0.05) is 17.5 Å². The molecule has 1 N–H and O–H groups in total. The first kappa shape index (κ1) is 19.2. The number of carbonyl (C=O) groups excluding carboxylic acids is 1. The number of nitrogens with zero attached hydrogens (tertiary/aromatic N) is 2. The average molecular weight is 391 g/mol. The van der Waals surface area contributed by atoms with Gasteiger partial charge in [0.15, 0.2) is 11.5 Å². The van der Waals surface area contributed by atoms with Crippen LogP contribution < -0.4 is 14.8 Å². The van der Waals surface area contributed by atoms with E-state index < -0.39 is 0 Å². The highest BCUT2D eigenvalue weighted by atomic mass is 16.6. The van der Waals surface area contributed by atoms with Crippen molar-refractivity contribution in [1.82, 2.24) is 15.3 Å². The molecule has 0 aliphatic carbocycles. The molecule has 6 nitrogen and oxygen atoms in total. The molecule has 0 bridgehead atoms. The predicted molar refractivity (Wildman–Crippen MR) is 112 cm³/mol. The summed E-state index contributed by atoms with van der Waals surface area (Å²) in [6.45, 7) is 9.65. The molecule has 1 aliphatic rings. The second kappa shape index (κ2) is 7.35. The van der Waals surface area contributed by atoms with E-state index in [9.17, 15) is 4.79 Å². The summed E-state index contributed by atoms with van der Waals surface area (Å²) in [6, 6.07) is 11.4. The SMILES string of the molecule is Cc1nc2ccc(C(=O)NCC(C)(C)c3ccc4c(c3)OCCO4)cc2nc1C. The highest BCUT2D eigenvalue weighted by Crippen LogP contribution is 2.35. The molecular formula is C23H25N3O3. The Bertz CT molecular complexity index is 1090. The molecule has 0 fully saturated rings. The maximum atomic E-state index is 12.7. The van der Waals surface area contributed by atoms with Gasteiger partial charge < -0.3 is 14.8 Å². The van der Waals surface area contributed by atoms with Crippen LogP contribution in [0.2, 0.25) is 0 Å². The smallest absolute Gasteiger partial charge is 0.251 e. The highest BCUT2D eigenvalue weighted by Gasteiger charge is 2.24. The van der Waals surface area contributed by atoms with Crippen molar-refractivity contribution in [3.63, 3.8) is 0 Å². The van der Waals surface area contributed by atoms with Crippen molar-refractivity contribution in [3.8, 4) is 11.5 Å². The van der Waals surface area contributed by atoms with Crippen LogP contribution in [0.4, 0.5) is 0 Å². The maximum Gasteiger partial charge on any atom is 0.251 e. The second-order valence-electron chi connectivity index (χ2n) is 8.02. The van der Waals surface area contributed by atoms with E-state index in [1.807, 2.05) is 38.1 Å². The van der Waals surface area contributed by atoms with Gasteiger partial charge in [0.1, 0.15) is 13.2 Å². The molecule has 150 valence electrons. The number of hydrogen-bond donors (Lipinski definition) is 1. The van der Waals surface area contributed by atoms with E-state index in [2.05, 4.69) is 29.1 Å². The Morgan fingerprint density at radius 2 is 1.66 bits per heavy atom. The molecule has 1 amide bonds. The van der Waals surface area contributed by atoms with Crippen molar-refractivity contribution >= 4 is 16.9 Å². The molecular weight excluding hydrogens is 366 g/mol. The molecule has 0 unspecified atom stereocenters. The van der Waals surface area contributed by atoms with Gasteiger partial charge in [-0.1, -0.05) is 19.9 Å². The van der Waals surface area contributed by atoms with Crippen molar-refractivity contribution in [2.45, 2.75) is 33.1 Å². The molecule has 2 heterocycles. The van der Waals surface area contributed by atoms with E-state index in [4.69, 9.17) is 9.47 Å². The van der Waals surface area contributed by atoms with Gasteiger partial charge in [-0.15, -0.1) is 0 Å². The third-order valence-electron chi connectivity index (χ3n) is 5.35. The molecule has 0 spiro atoms. The Morgan fingerprint density at radius 1 is 0.966 bits per heavy atom. The summed E-state index contributed by atoms with van der Waals surface area (Å²) in [5.74, 6) is 1.40. The van der Waals surface area contributed by atoms with E-state index in [1.165, 1.54) is 0 Å². The zero-order chi connectivity index (χ0) is 20.6. The molecule has 6 heteroatoms. The summed E-state index contributed by atoms with van der Waals surface area (Å²) in [4.78, 5) is 21.8. The molecule has 0 radical (unpaired) electrons. The van der Waals surface area contributed by atoms with Crippen molar-refractivity contribution in [2.24, 2.45) is 0 Å². The monoisotopic (exact) mass is 391 g/mol. The quantitative estimate of drug-likeness (QED) is 0.734. The minimum atomic E-state index is -0.268. The van der Waals surface area contributed by atoms with E-state index in [1.54, 1.807) is 12.1 Å². The van der Waals surface area contributed by atoms with Crippen molar-refractivity contribution < 1.29 is 14.3 Å². The minimum Gasteiger partial charge on any atom is -0.486 e. The van der Waals surface area contributed by atoms with Crippen LogP contribution >= 0.6 is 0 Å². The fraction of sp³-hybridized carbons (Fsp3) is 0.348. The first-order chi connectivity index (χ1) is 13.8. The molecule has 0 saturated heterocycles. The second-order valence-corrected chi connectivity index (χ2v) is 8.02. The summed E-state index contributed by atoms with van der Waals surface area (Å²) in [5, 5.41) is 3.05. The third kappa shape index (κ3) is 3.88. The number of fused-ring (bicyclic) bond motifs is 2. The van der Waals surface area contributed by atoms with E-state index in [0.29, 0.717) is 25.3 Å². The number of hydrogen-bond acceptors (Lipinski definition) is 5. The van der Waals surface area contributed by atoms with E-state index in [-0.39, 0.29) is 11.3 Å². The molecule has 2 aromatic carbocycles. The number of rotatable bonds is 4. The van der Waals surface area contributed by atoms with Crippen LogP contribution in [0.3, 0.4) is 0 Å². The molecule has 1 aromatic heterocycles. The average Bonchev–Trinajstić information content (AvgIpc) is 2.72. The highest BCUT2D eigenvalue weighted by molar-refractivity contribution is 5.97. The zero-order valence-electron chi connectivity index (χ0n) is 17.2. The number of ether oxygens (including phenoxy) is 2. The molecule has 4 rings (SSSR count). The lowest BCUT2D eigenvalue weighted by Crippen LogP contribution is -2.36. The fourth-order valence-electron chi connectivity index (χ4n) is 3.34. The topological polar surface area (TPSA) is 73.3 Å². The molecule has 0 atom stereocenters. The van der Waals surface area contributed by atoms with Gasteiger partial charge in [-0.3, -0.25) is 4.79 Å². The van der Waals surface area contributed by atoms with Crippen molar-refractivity contribution in [1.29, 1.82) is 0 Å². The maximum absolute atomic E-state index is 12.7. The summed E-state index contributed by atoms with van der Waals surface area (Å²) in [6.07, 6.45) is 0. The van der Waals surface area contributed by atoms with Gasteiger partial charge in [-0.2, -0.15) is 0 Å². The number of aromatic nitrogens is 2. The normalized spacial score (nSPS) is 13.4. The van der Waals surface area contributed by atoms with Gasteiger partial charge >= 0.3 is 0 Å². The number of nitrogens with one attached hydrogen (secondary N) is 1. The first-order valence-electron chi connectivity index (χ1n) is 9.77. The lowest BCUT2D eigenvalue weighted by Gasteiger charge is -2.28. The Morgan fingerprint density at radius 3 is 2.41 bits per heavy atom. The number of aryl methyl sites for hydroxylation is 2. The van der Waals surface area contributed by atoms with Crippen LogP contribution in [0, 0.1) is 13.8 Å². The minimum absolute atomic E-state index is 0.127. The van der Waals surface area contributed by atoms with Gasteiger partial charge in [0.05, 0.1) is 22.4 Å². The molecule has 29 heavy (non-hydrogen) atoms. The Labute approximate surface area is 170 Å². The Kier molecular flexibility index (Phi) is 4.86. The molecule has 3 aromatic rings. The summed E-state index contributed by atoms with van der Waals surface area (Å²) in [5.41, 5.74) is 4.68. The lowest BCUT2D eigenvalue weighted by atomic mass is 9.84. The van der Waals surface area contributed by atoms with Gasteiger partial charge in [-0.25, -0.2) is 9.97 Å². The summed E-state index contributed by atoms with van der Waals surface area (Å²) in [7, 11) is 0. The Balaban J connectivity index is 1.49. The summed E-state index contributed by atoms with van der Waals surface area (Å²) < 4.78 is 11.3. The lowest BCUT2D eigenvalue weighted by molar-refractivity contribution is 0.0945. The van der Waals surface area contributed by atoms with Gasteiger partial charge in [0.25, 0.3) is 5.91 Å². The molecule has 0 saturated carbocycles. The van der Waals surface area contributed by atoms with E-state index >= 15 is 0 Å². The van der Waals surface area contributed by atoms with Crippen LogP contribution in [0.1, 0.15) is 41.2 Å². The first-order valence-corrected chi connectivity index (χ1v) is 9.77. The van der Waals surface area contributed by atoms with Gasteiger partial charge in [-0.05, 0) is 49.7 Å².